The number of ether oxygens (including phenoxy) is 1. The Morgan fingerprint density at radius 1 is 1.14 bits per heavy atom. The van der Waals surface area contributed by atoms with E-state index in [1.165, 1.54) is 0 Å². The van der Waals surface area contributed by atoms with E-state index in [9.17, 15) is 4.79 Å². The molecule has 6 rings (SSSR count). The molecule has 3 aromatic heterocycles. The molecule has 4 heterocycles. The van der Waals surface area contributed by atoms with Crippen LogP contribution in [0.1, 0.15) is 43.8 Å². The van der Waals surface area contributed by atoms with E-state index < -0.39 is 0 Å². The first-order valence-corrected chi connectivity index (χ1v) is 9.77. The van der Waals surface area contributed by atoms with Crippen LogP contribution in [0.3, 0.4) is 0 Å². The Balaban J connectivity index is 1.70. The number of hydrogen-bond donors (Lipinski definition) is 0. The van der Waals surface area contributed by atoms with Crippen LogP contribution in [0.2, 0.25) is 0 Å². The van der Waals surface area contributed by atoms with Gasteiger partial charge in [0.15, 0.2) is 11.3 Å². The smallest absolute Gasteiger partial charge is 0.279 e. The lowest BCUT2D eigenvalue weighted by molar-refractivity contribution is 0.108. The number of imidazole rings is 1. The molecule has 142 valence electrons. The summed E-state index contributed by atoms with van der Waals surface area (Å²) in [7, 11) is 0. The van der Waals surface area contributed by atoms with Gasteiger partial charge in [-0.3, -0.25) is 13.8 Å². The number of aromatic nitrogens is 6. The largest absolute Gasteiger partial charge is 0.376 e. The average molecular weight is 376 g/mol. The van der Waals surface area contributed by atoms with E-state index in [1.807, 2.05) is 40.2 Å². The number of fused-ring (bicyclic) bond motifs is 3. The molecular formula is C20H20N6O2. The first kappa shape index (κ1) is 16.0. The summed E-state index contributed by atoms with van der Waals surface area (Å²) < 4.78 is 11.3. The van der Waals surface area contributed by atoms with Crippen molar-refractivity contribution in [3.8, 4) is 5.82 Å². The van der Waals surface area contributed by atoms with E-state index in [1.54, 1.807) is 17.2 Å². The summed E-state index contributed by atoms with van der Waals surface area (Å²) >= 11 is 0. The molecule has 8 heteroatoms. The van der Waals surface area contributed by atoms with Crippen molar-refractivity contribution in [2.24, 2.45) is 0 Å². The molecule has 1 aromatic carbocycles. The number of hydrogen-bond acceptors (Lipinski definition) is 5. The zero-order chi connectivity index (χ0) is 18.8. The van der Waals surface area contributed by atoms with E-state index >= 15 is 0 Å². The van der Waals surface area contributed by atoms with Crippen LogP contribution in [0.15, 0.2) is 41.6 Å². The summed E-state index contributed by atoms with van der Waals surface area (Å²) in [4.78, 5) is 18.3. The highest BCUT2D eigenvalue weighted by Crippen LogP contribution is 2.40. The summed E-state index contributed by atoms with van der Waals surface area (Å²) in [6, 6.07) is 7.96. The van der Waals surface area contributed by atoms with E-state index in [4.69, 9.17) is 4.74 Å². The Morgan fingerprint density at radius 3 is 2.71 bits per heavy atom. The van der Waals surface area contributed by atoms with E-state index in [0.29, 0.717) is 23.9 Å². The Kier molecular flexibility index (Phi) is 3.28. The lowest BCUT2D eigenvalue weighted by Crippen LogP contribution is -2.30. The SMILES string of the molecule is CC1OCCC1n1c(=O)c2c(-n3nncc3C3CC3)ncn2c2ccccc21. The van der Waals surface area contributed by atoms with Gasteiger partial charge in [0, 0.05) is 12.5 Å². The molecule has 0 bridgehead atoms. The maximum Gasteiger partial charge on any atom is 0.279 e. The van der Waals surface area contributed by atoms with Crippen LogP contribution < -0.4 is 5.56 Å². The minimum atomic E-state index is -0.0641. The van der Waals surface area contributed by atoms with Crippen molar-refractivity contribution >= 4 is 16.6 Å². The molecular weight excluding hydrogens is 356 g/mol. The van der Waals surface area contributed by atoms with Crippen LogP contribution in [-0.2, 0) is 4.74 Å². The maximum absolute atomic E-state index is 13.7. The molecule has 8 nitrogen and oxygen atoms in total. The average Bonchev–Trinajstić information content (AvgIpc) is 3.09. The normalized spacial score (nSPS) is 22.5. The molecule has 2 atom stereocenters. The third-order valence-electron chi connectivity index (χ3n) is 6.01. The Hall–Kier alpha value is -3.00. The van der Waals surface area contributed by atoms with Crippen molar-refractivity contribution in [1.82, 2.24) is 28.9 Å². The monoisotopic (exact) mass is 376 g/mol. The topological polar surface area (TPSA) is 79.2 Å². The predicted octanol–water partition coefficient (Wildman–Crippen LogP) is 2.46. The highest BCUT2D eigenvalue weighted by atomic mass is 16.5. The van der Waals surface area contributed by atoms with E-state index in [2.05, 4.69) is 15.3 Å². The molecule has 0 radical (unpaired) electrons. The Bertz CT molecular complexity index is 1260. The molecule has 2 aliphatic rings. The zero-order valence-electron chi connectivity index (χ0n) is 15.5. The molecule has 2 unspecified atom stereocenters. The molecule has 0 amide bonds. The second-order valence-electron chi connectivity index (χ2n) is 7.73. The molecule has 1 saturated carbocycles. The zero-order valence-corrected chi connectivity index (χ0v) is 15.5. The fourth-order valence-electron chi connectivity index (χ4n) is 4.42. The summed E-state index contributed by atoms with van der Waals surface area (Å²) in [5.41, 5.74) is 3.34. The quantitative estimate of drug-likeness (QED) is 0.549. The van der Waals surface area contributed by atoms with Crippen LogP contribution >= 0.6 is 0 Å². The van der Waals surface area contributed by atoms with Crippen LogP contribution in [0.4, 0.5) is 0 Å². The molecule has 1 aliphatic carbocycles. The minimum absolute atomic E-state index is 0.00352. The van der Waals surface area contributed by atoms with Crippen molar-refractivity contribution in [2.75, 3.05) is 6.61 Å². The van der Waals surface area contributed by atoms with Crippen molar-refractivity contribution in [3.63, 3.8) is 0 Å². The number of nitrogens with zero attached hydrogens (tertiary/aromatic N) is 6. The predicted molar refractivity (Wildman–Crippen MR) is 103 cm³/mol. The van der Waals surface area contributed by atoms with Crippen molar-refractivity contribution in [2.45, 2.75) is 44.2 Å². The summed E-state index contributed by atoms with van der Waals surface area (Å²) in [6.07, 6.45) is 6.57. The van der Waals surface area contributed by atoms with Crippen LogP contribution in [0, 0.1) is 0 Å². The van der Waals surface area contributed by atoms with Gasteiger partial charge < -0.3 is 4.74 Å². The van der Waals surface area contributed by atoms with Gasteiger partial charge in [-0.25, -0.2) is 4.98 Å². The van der Waals surface area contributed by atoms with Gasteiger partial charge in [0.1, 0.15) is 6.33 Å². The van der Waals surface area contributed by atoms with Gasteiger partial charge in [-0.15, -0.1) is 5.10 Å². The fraction of sp³-hybridized carbons (Fsp3) is 0.400. The van der Waals surface area contributed by atoms with Gasteiger partial charge in [-0.05, 0) is 38.3 Å². The summed E-state index contributed by atoms with van der Waals surface area (Å²) in [6.45, 7) is 2.70. The number of para-hydroxylation sites is 2. The van der Waals surface area contributed by atoms with Gasteiger partial charge in [0.05, 0.1) is 35.1 Å². The molecule has 28 heavy (non-hydrogen) atoms. The standard InChI is InChI=1S/C20H20N6O2/c1-12-14(8-9-28-12)25-16-5-3-2-4-15(16)24-11-21-19(18(24)20(25)27)26-17(10-22-23-26)13-6-7-13/h2-5,10-14H,6-9H2,1H3. The molecule has 1 saturated heterocycles. The minimum Gasteiger partial charge on any atom is -0.376 e. The summed E-state index contributed by atoms with van der Waals surface area (Å²) in [5.74, 6) is 1.01. The maximum atomic E-state index is 13.7. The highest BCUT2D eigenvalue weighted by molar-refractivity contribution is 5.81. The fourth-order valence-corrected chi connectivity index (χ4v) is 4.42. The number of benzene rings is 1. The second kappa shape index (κ2) is 5.75. The lowest BCUT2D eigenvalue weighted by atomic mass is 10.1. The van der Waals surface area contributed by atoms with Gasteiger partial charge in [-0.2, -0.15) is 4.68 Å². The molecule has 4 aromatic rings. The number of rotatable bonds is 3. The van der Waals surface area contributed by atoms with Crippen LogP contribution in [0.25, 0.3) is 22.4 Å². The van der Waals surface area contributed by atoms with Crippen LogP contribution in [-0.4, -0.2) is 41.7 Å². The van der Waals surface area contributed by atoms with E-state index in [-0.39, 0.29) is 17.7 Å². The van der Waals surface area contributed by atoms with Gasteiger partial charge in [-0.1, -0.05) is 17.3 Å². The van der Waals surface area contributed by atoms with Crippen molar-refractivity contribution in [3.05, 3.63) is 52.8 Å². The lowest BCUT2D eigenvalue weighted by Gasteiger charge is -2.21. The summed E-state index contributed by atoms with van der Waals surface area (Å²) in [5, 5.41) is 8.34. The Morgan fingerprint density at radius 2 is 1.96 bits per heavy atom. The molecule has 1 aliphatic heterocycles. The van der Waals surface area contributed by atoms with Crippen molar-refractivity contribution < 1.29 is 4.74 Å². The molecule has 2 fully saturated rings. The first-order chi connectivity index (χ1) is 13.7. The molecule has 0 spiro atoms. The Labute approximate surface area is 160 Å². The van der Waals surface area contributed by atoms with Crippen LogP contribution in [0.5, 0.6) is 0 Å². The van der Waals surface area contributed by atoms with Crippen molar-refractivity contribution in [1.29, 1.82) is 0 Å². The second-order valence-corrected chi connectivity index (χ2v) is 7.73. The highest BCUT2D eigenvalue weighted by Gasteiger charge is 2.32. The van der Waals surface area contributed by atoms with Gasteiger partial charge >= 0.3 is 0 Å². The van der Waals surface area contributed by atoms with Gasteiger partial charge in [0.2, 0.25) is 0 Å². The van der Waals surface area contributed by atoms with Gasteiger partial charge in [0.25, 0.3) is 5.56 Å². The third-order valence-corrected chi connectivity index (χ3v) is 6.01. The third kappa shape index (κ3) is 2.15. The first-order valence-electron chi connectivity index (χ1n) is 9.77. The molecule has 0 N–H and O–H groups in total. The van der Waals surface area contributed by atoms with E-state index in [0.717, 1.165) is 36.0 Å².